The lowest BCUT2D eigenvalue weighted by atomic mass is 10.1. The third-order valence-electron chi connectivity index (χ3n) is 2.76. The van der Waals surface area contributed by atoms with Crippen molar-refractivity contribution in [3.63, 3.8) is 0 Å². The Morgan fingerprint density at radius 3 is 2.57 bits per heavy atom. The Morgan fingerprint density at radius 1 is 1.29 bits per heavy atom. The van der Waals surface area contributed by atoms with Gasteiger partial charge in [-0.25, -0.2) is 9.18 Å². The molecular formula is C14H10FNO5. The number of nitro benzene ring substituents is 1. The van der Waals surface area contributed by atoms with Gasteiger partial charge in [0.15, 0.2) is 0 Å². The third-order valence-corrected chi connectivity index (χ3v) is 2.76. The van der Waals surface area contributed by atoms with Crippen molar-refractivity contribution in [2.75, 3.05) is 0 Å². The van der Waals surface area contributed by atoms with Crippen molar-refractivity contribution < 1.29 is 24.0 Å². The maximum atomic E-state index is 13.2. The lowest BCUT2D eigenvalue weighted by Crippen LogP contribution is -2.01. The largest absolute Gasteiger partial charge is 0.478 e. The zero-order valence-corrected chi connectivity index (χ0v) is 10.9. The second kappa shape index (κ2) is 5.58. The van der Waals surface area contributed by atoms with E-state index in [4.69, 9.17) is 9.84 Å². The van der Waals surface area contributed by atoms with Crippen molar-refractivity contribution >= 4 is 11.7 Å². The average molecular weight is 291 g/mol. The number of hydrogen-bond acceptors (Lipinski definition) is 4. The molecule has 0 aliphatic rings. The molecule has 0 saturated heterocycles. The van der Waals surface area contributed by atoms with E-state index in [9.17, 15) is 19.3 Å². The number of nitrogens with zero attached hydrogens (tertiary/aromatic N) is 1. The molecule has 6 nitrogen and oxygen atoms in total. The first kappa shape index (κ1) is 14.4. The molecule has 7 heteroatoms. The van der Waals surface area contributed by atoms with Gasteiger partial charge in [-0.2, -0.15) is 0 Å². The molecule has 2 rings (SSSR count). The number of non-ortho nitro benzene ring substituents is 1. The van der Waals surface area contributed by atoms with Gasteiger partial charge in [0.1, 0.15) is 22.9 Å². The second-order valence-electron chi connectivity index (χ2n) is 4.26. The molecule has 0 aliphatic heterocycles. The van der Waals surface area contributed by atoms with Crippen LogP contribution in [0.1, 0.15) is 15.9 Å². The number of halogens is 1. The van der Waals surface area contributed by atoms with Crippen molar-refractivity contribution in [2.45, 2.75) is 6.92 Å². The summed E-state index contributed by atoms with van der Waals surface area (Å²) < 4.78 is 18.5. The zero-order chi connectivity index (χ0) is 15.6. The van der Waals surface area contributed by atoms with E-state index in [-0.39, 0.29) is 22.7 Å². The van der Waals surface area contributed by atoms with Crippen LogP contribution in [0.3, 0.4) is 0 Å². The third kappa shape index (κ3) is 3.14. The van der Waals surface area contributed by atoms with Crippen LogP contribution in [0.5, 0.6) is 11.5 Å². The van der Waals surface area contributed by atoms with Gasteiger partial charge in [-0.1, -0.05) is 0 Å². The Morgan fingerprint density at radius 2 is 2.00 bits per heavy atom. The van der Waals surface area contributed by atoms with E-state index >= 15 is 0 Å². The van der Waals surface area contributed by atoms with Crippen LogP contribution in [0.25, 0.3) is 0 Å². The second-order valence-corrected chi connectivity index (χ2v) is 4.26. The molecule has 2 aromatic rings. The predicted octanol–water partition coefficient (Wildman–Crippen LogP) is 3.53. The average Bonchev–Trinajstić information content (AvgIpc) is 2.43. The van der Waals surface area contributed by atoms with E-state index in [1.54, 1.807) is 0 Å². The van der Waals surface area contributed by atoms with Gasteiger partial charge in [0.25, 0.3) is 5.69 Å². The SMILES string of the molecule is Cc1cc(Oc2ccc([N+](=O)[O-])cc2C(=O)O)ccc1F. The summed E-state index contributed by atoms with van der Waals surface area (Å²) >= 11 is 0. The monoisotopic (exact) mass is 291 g/mol. The van der Waals surface area contributed by atoms with Crippen LogP contribution in [0.4, 0.5) is 10.1 Å². The Balaban J connectivity index is 2.41. The number of carbonyl (C=O) groups is 1. The first-order valence-corrected chi connectivity index (χ1v) is 5.84. The maximum absolute atomic E-state index is 13.2. The fourth-order valence-corrected chi connectivity index (χ4v) is 1.70. The standard InChI is InChI=1S/C14H10FNO5/c1-8-6-10(3-4-12(8)15)21-13-5-2-9(16(19)20)7-11(13)14(17)18/h2-7H,1H3,(H,17,18). The van der Waals surface area contributed by atoms with Crippen molar-refractivity contribution in [3.8, 4) is 11.5 Å². The summed E-state index contributed by atoms with van der Waals surface area (Å²) in [6, 6.07) is 7.18. The quantitative estimate of drug-likeness (QED) is 0.687. The molecule has 1 N–H and O–H groups in total. The first-order chi connectivity index (χ1) is 9.88. The molecule has 0 radical (unpaired) electrons. The molecular weight excluding hydrogens is 281 g/mol. The number of carboxylic acid groups (broad SMARTS) is 1. The minimum Gasteiger partial charge on any atom is -0.478 e. The molecule has 21 heavy (non-hydrogen) atoms. The molecule has 0 unspecified atom stereocenters. The van der Waals surface area contributed by atoms with Crippen LogP contribution in [0.2, 0.25) is 0 Å². The minimum atomic E-state index is -1.35. The molecule has 0 aromatic heterocycles. The number of carboxylic acids is 1. The van der Waals surface area contributed by atoms with Gasteiger partial charge in [-0.05, 0) is 36.8 Å². The number of aryl methyl sites for hydroxylation is 1. The Bertz CT molecular complexity index is 729. The highest BCUT2D eigenvalue weighted by atomic mass is 19.1. The van der Waals surface area contributed by atoms with Crippen molar-refractivity contribution in [1.82, 2.24) is 0 Å². The summed E-state index contributed by atoms with van der Waals surface area (Å²) in [6.45, 7) is 1.54. The van der Waals surface area contributed by atoms with Crippen LogP contribution in [0, 0.1) is 22.9 Å². The van der Waals surface area contributed by atoms with Crippen LogP contribution < -0.4 is 4.74 Å². The summed E-state index contributed by atoms with van der Waals surface area (Å²) in [4.78, 5) is 21.1. The Kier molecular flexibility index (Phi) is 3.84. The summed E-state index contributed by atoms with van der Waals surface area (Å²) in [5.41, 5.74) is -0.354. The van der Waals surface area contributed by atoms with Gasteiger partial charge < -0.3 is 9.84 Å². The van der Waals surface area contributed by atoms with Crippen molar-refractivity contribution in [2.24, 2.45) is 0 Å². The van der Waals surface area contributed by atoms with Gasteiger partial charge in [-0.3, -0.25) is 10.1 Å². The molecule has 0 aliphatic carbocycles. The number of ether oxygens (including phenoxy) is 1. The molecule has 0 fully saturated rings. The smallest absolute Gasteiger partial charge is 0.339 e. The molecule has 0 heterocycles. The molecule has 2 aromatic carbocycles. The molecule has 0 atom stereocenters. The summed E-state index contributed by atoms with van der Waals surface area (Å²) in [5, 5.41) is 19.7. The van der Waals surface area contributed by atoms with Crippen LogP contribution in [-0.2, 0) is 0 Å². The number of benzene rings is 2. The number of nitro groups is 1. The minimum absolute atomic E-state index is 0.0564. The molecule has 0 spiro atoms. The maximum Gasteiger partial charge on any atom is 0.339 e. The number of hydrogen-bond donors (Lipinski definition) is 1. The molecule has 0 saturated carbocycles. The number of rotatable bonds is 4. The van der Waals surface area contributed by atoms with E-state index in [0.29, 0.717) is 5.56 Å². The molecule has 108 valence electrons. The summed E-state index contributed by atoms with van der Waals surface area (Å²) in [5.74, 6) is -1.58. The highest BCUT2D eigenvalue weighted by molar-refractivity contribution is 5.91. The van der Waals surface area contributed by atoms with Crippen molar-refractivity contribution in [1.29, 1.82) is 0 Å². The summed E-state index contributed by atoms with van der Waals surface area (Å²) in [6.07, 6.45) is 0. The van der Waals surface area contributed by atoms with Gasteiger partial charge >= 0.3 is 5.97 Å². The lowest BCUT2D eigenvalue weighted by molar-refractivity contribution is -0.384. The van der Waals surface area contributed by atoms with E-state index in [1.165, 1.54) is 31.2 Å². The van der Waals surface area contributed by atoms with Gasteiger partial charge in [-0.15, -0.1) is 0 Å². The number of aromatic carboxylic acids is 1. The van der Waals surface area contributed by atoms with Crippen LogP contribution >= 0.6 is 0 Å². The van der Waals surface area contributed by atoms with Gasteiger partial charge in [0, 0.05) is 12.1 Å². The Labute approximate surface area is 118 Å². The Hall–Kier alpha value is -2.96. The van der Waals surface area contributed by atoms with E-state index in [0.717, 1.165) is 12.1 Å². The van der Waals surface area contributed by atoms with E-state index in [2.05, 4.69) is 0 Å². The fourth-order valence-electron chi connectivity index (χ4n) is 1.70. The highest BCUT2D eigenvalue weighted by Crippen LogP contribution is 2.29. The molecule has 0 amide bonds. The van der Waals surface area contributed by atoms with Crippen LogP contribution in [0.15, 0.2) is 36.4 Å². The zero-order valence-electron chi connectivity index (χ0n) is 10.9. The van der Waals surface area contributed by atoms with Gasteiger partial charge in [0.05, 0.1) is 4.92 Å². The molecule has 0 bridgehead atoms. The predicted molar refractivity (Wildman–Crippen MR) is 71.3 cm³/mol. The summed E-state index contributed by atoms with van der Waals surface area (Å²) in [7, 11) is 0. The van der Waals surface area contributed by atoms with E-state index < -0.39 is 16.7 Å². The lowest BCUT2D eigenvalue weighted by Gasteiger charge is -2.09. The topological polar surface area (TPSA) is 89.7 Å². The van der Waals surface area contributed by atoms with Crippen molar-refractivity contribution in [3.05, 3.63) is 63.5 Å². The first-order valence-electron chi connectivity index (χ1n) is 5.84. The fraction of sp³-hybridized carbons (Fsp3) is 0.0714. The van der Waals surface area contributed by atoms with Crippen LogP contribution in [-0.4, -0.2) is 16.0 Å². The highest BCUT2D eigenvalue weighted by Gasteiger charge is 2.17. The van der Waals surface area contributed by atoms with Gasteiger partial charge in [0.2, 0.25) is 0 Å². The van der Waals surface area contributed by atoms with E-state index in [1.807, 2.05) is 0 Å². The normalized spacial score (nSPS) is 10.2.